The van der Waals surface area contributed by atoms with Gasteiger partial charge in [-0.1, -0.05) is 6.07 Å². The van der Waals surface area contributed by atoms with E-state index in [1.54, 1.807) is 44.1 Å². The lowest BCUT2D eigenvalue weighted by atomic mass is 10.1. The number of hydrogen-bond donors (Lipinski definition) is 1. The number of methoxy groups -OCH3 is 2. The van der Waals surface area contributed by atoms with Crippen LogP contribution in [0.5, 0.6) is 11.5 Å². The molecule has 2 aromatic heterocycles. The van der Waals surface area contributed by atoms with Crippen LogP contribution in [0, 0.1) is 0 Å². The number of ether oxygens (including phenoxy) is 2. The van der Waals surface area contributed by atoms with Crippen LogP contribution in [-0.2, 0) is 6.42 Å². The first-order valence-electron chi connectivity index (χ1n) is 7.47. The molecule has 3 rings (SSSR count). The number of benzene rings is 1. The van der Waals surface area contributed by atoms with Crippen LogP contribution in [0.25, 0.3) is 11.4 Å². The summed E-state index contributed by atoms with van der Waals surface area (Å²) in [5, 5.41) is 6.18. The summed E-state index contributed by atoms with van der Waals surface area (Å²) in [4.78, 5) is 12.8. The third-order valence-electron chi connectivity index (χ3n) is 3.47. The Hall–Kier alpha value is -2.67. The number of thiazole rings is 1. The van der Waals surface area contributed by atoms with Crippen molar-refractivity contribution in [3.8, 4) is 22.9 Å². The molecule has 0 aliphatic heterocycles. The summed E-state index contributed by atoms with van der Waals surface area (Å²) in [6.45, 7) is 0.781. The fourth-order valence-corrected chi connectivity index (χ4v) is 2.99. The maximum atomic E-state index is 5.33. The van der Waals surface area contributed by atoms with Gasteiger partial charge in [-0.3, -0.25) is 9.97 Å². The van der Waals surface area contributed by atoms with E-state index >= 15 is 0 Å². The van der Waals surface area contributed by atoms with Crippen LogP contribution in [0.4, 0.5) is 5.13 Å². The van der Waals surface area contributed by atoms with Crippen LogP contribution in [0.3, 0.4) is 0 Å². The SMILES string of the molecule is COc1ccc(CCNc2nc(-c3cnccn3)cs2)cc1OC. The zero-order valence-electron chi connectivity index (χ0n) is 13.5. The highest BCUT2D eigenvalue weighted by atomic mass is 32.1. The first-order valence-corrected chi connectivity index (χ1v) is 8.35. The molecule has 1 N–H and O–H groups in total. The van der Waals surface area contributed by atoms with Gasteiger partial charge in [-0.2, -0.15) is 0 Å². The third-order valence-corrected chi connectivity index (χ3v) is 4.27. The second-order valence-electron chi connectivity index (χ2n) is 4.99. The fourth-order valence-electron chi connectivity index (χ4n) is 2.25. The van der Waals surface area contributed by atoms with Crippen LogP contribution in [0.2, 0.25) is 0 Å². The van der Waals surface area contributed by atoms with E-state index < -0.39 is 0 Å². The Kier molecular flexibility index (Phi) is 5.22. The van der Waals surface area contributed by atoms with Crippen molar-refractivity contribution in [2.24, 2.45) is 0 Å². The molecule has 7 heteroatoms. The van der Waals surface area contributed by atoms with Crippen molar-refractivity contribution in [3.05, 3.63) is 47.7 Å². The molecule has 0 spiro atoms. The Labute approximate surface area is 144 Å². The number of aromatic nitrogens is 3. The summed E-state index contributed by atoms with van der Waals surface area (Å²) in [5.41, 5.74) is 2.79. The molecule has 3 aromatic rings. The van der Waals surface area contributed by atoms with E-state index in [2.05, 4.69) is 20.3 Å². The van der Waals surface area contributed by atoms with Gasteiger partial charge in [-0.05, 0) is 24.1 Å². The second-order valence-corrected chi connectivity index (χ2v) is 5.85. The molecule has 6 nitrogen and oxygen atoms in total. The molecule has 0 aliphatic rings. The summed E-state index contributed by atoms with van der Waals surface area (Å²) in [5.74, 6) is 1.48. The van der Waals surface area contributed by atoms with Gasteiger partial charge in [0.2, 0.25) is 0 Å². The Morgan fingerprint density at radius 3 is 2.71 bits per heavy atom. The van der Waals surface area contributed by atoms with Gasteiger partial charge >= 0.3 is 0 Å². The van der Waals surface area contributed by atoms with Crippen molar-refractivity contribution in [1.82, 2.24) is 15.0 Å². The topological polar surface area (TPSA) is 69.2 Å². The molecule has 24 heavy (non-hydrogen) atoms. The van der Waals surface area contributed by atoms with E-state index in [0.717, 1.165) is 41.0 Å². The molecule has 1 aromatic carbocycles. The monoisotopic (exact) mass is 342 g/mol. The maximum absolute atomic E-state index is 5.33. The summed E-state index contributed by atoms with van der Waals surface area (Å²) in [6.07, 6.45) is 5.89. The van der Waals surface area contributed by atoms with Gasteiger partial charge in [-0.15, -0.1) is 11.3 Å². The Morgan fingerprint density at radius 1 is 1.08 bits per heavy atom. The molecule has 2 heterocycles. The van der Waals surface area contributed by atoms with Crippen LogP contribution in [0.1, 0.15) is 5.56 Å². The minimum Gasteiger partial charge on any atom is -0.493 e. The molecule has 0 bridgehead atoms. The highest BCUT2D eigenvalue weighted by molar-refractivity contribution is 7.14. The van der Waals surface area contributed by atoms with Gasteiger partial charge in [0.25, 0.3) is 0 Å². The summed E-state index contributed by atoms with van der Waals surface area (Å²) < 4.78 is 10.6. The quantitative estimate of drug-likeness (QED) is 0.711. The third kappa shape index (κ3) is 3.80. The lowest BCUT2D eigenvalue weighted by molar-refractivity contribution is 0.354. The van der Waals surface area contributed by atoms with E-state index in [1.165, 1.54) is 5.56 Å². The number of nitrogens with one attached hydrogen (secondary N) is 1. The number of hydrogen-bond acceptors (Lipinski definition) is 7. The van der Waals surface area contributed by atoms with Gasteiger partial charge in [-0.25, -0.2) is 4.98 Å². The molecule has 0 atom stereocenters. The van der Waals surface area contributed by atoms with Crippen LogP contribution in [-0.4, -0.2) is 35.7 Å². The second kappa shape index (κ2) is 7.74. The van der Waals surface area contributed by atoms with E-state index in [9.17, 15) is 0 Å². The summed E-state index contributed by atoms with van der Waals surface area (Å²) in [7, 11) is 3.28. The molecule has 0 aliphatic carbocycles. The minimum atomic E-state index is 0.739. The Bertz CT molecular complexity index is 792. The molecule has 0 saturated heterocycles. The Balaban J connectivity index is 1.58. The van der Waals surface area contributed by atoms with Crippen molar-refractivity contribution in [2.75, 3.05) is 26.1 Å². The first kappa shape index (κ1) is 16.2. The maximum Gasteiger partial charge on any atom is 0.183 e. The zero-order chi connectivity index (χ0) is 16.8. The Morgan fingerprint density at radius 2 is 1.96 bits per heavy atom. The standard InChI is InChI=1S/C17H18N4O2S/c1-22-15-4-3-12(9-16(15)23-2)5-6-20-17-21-14(11-24-17)13-10-18-7-8-19-13/h3-4,7-11H,5-6H2,1-2H3,(H,20,21). The largest absolute Gasteiger partial charge is 0.493 e. The smallest absolute Gasteiger partial charge is 0.183 e. The normalized spacial score (nSPS) is 10.4. The molecule has 0 fully saturated rings. The van der Waals surface area contributed by atoms with E-state index in [4.69, 9.17) is 9.47 Å². The highest BCUT2D eigenvalue weighted by Gasteiger charge is 2.07. The van der Waals surface area contributed by atoms with E-state index in [-0.39, 0.29) is 0 Å². The van der Waals surface area contributed by atoms with E-state index in [1.807, 2.05) is 23.6 Å². The zero-order valence-corrected chi connectivity index (χ0v) is 14.3. The molecule has 0 unspecified atom stereocenters. The van der Waals surface area contributed by atoms with Gasteiger partial charge < -0.3 is 14.8 Å². The average Bonchev–Trinajstić information content (AvgIpc) is 3.11. The van der Waals surface area contributed by atoms with Crippen LogP contribution >= 0.6 is 11.3 Å². The average molecular weight is 342 g/mol. The molecular formula is C17H18N4O2S. The molecule has 0 saturated carbocycles. The fraction of sp³-hybridized carbons (Fsp3) is 0.235. The van der Waals surface area contributed by atoms with Gasteiger partial charge in [0.1, 0.15) is 11.4 Å². The van der Waals surface area contributed by atoms with Crippen LogP contribution < -0.4 is 14.8 Å². The van der Waals surface area contributed by atoms with Gasteiger partial charge in [0, 0.05) is 24.3 Å². The predicted molar refractivity (Wildman–Crippen MR) is 94.9 cm³/mol. The molecular weight excluding hydrogens is 324 g/mol. The number of anilines is 1. The number of rotatable bonds is 7. The lowest BCUT2D eigenvalue weighted by Crippen LogP contribution is -2.05. The molecule has 0 radical (unpaired) electrons. The molecule has 0 amide bonds. The summed E-state index contributed by atoms with van der Waals surface area (Å²) >= 11 is 1.56. The van der Waals surface area contributed by atoms with Crippen molar-refractivity contribution < 1.29 is 9.47 Å². The van der Waals surface area contributed by atoms with Crippen molar-refractivity contribution in [2.45, 2.75) is 6.42 Å². The van der Waals surface area contributed by atoms with Gasteiger partial charge in [0.05, 0.1) is 20.4 Å². The van der Waals surface area contributed by atoms with Crippen molar-refractivity contribution >= 4 is 16.5 Å². The van der Waals surface area contributed by atoms with Crippen LogP contribution in [0.15, 0.2) is 42.2 Å². The summed E-state index contributed by atoms with van der Waals surface area (Å²) in [6, 6.07) is 5.95. The minimum absolute atomic E-state index is 0.739. The lowest BCUT2D eigenvalue weighted by Gasteiger charge is -2.09. The number of nitrogens with zero attached hydrogens (tertiary/aromatic N) is 3. The van der Waals surface area contributed by atoms with Crippen molar-refractivity contribution in [1.29, 1.82) is 0 Å². The first-order chi connectivity index (χ1) is 11.8. The van der Waals surface area contributed by atoms with E-state index in [0.29, 0.717) is 0 Å². The van der Waals surface area contributed by atoms with Gasteiger partial charge in [0.15, 0.2) is 16.6 Å². The molecule has 124 valence electrons. The predicted octanol–water partition coefficient (Wildman–Crippen LogP) is 3.27. The highest BCUT2D eigenvalue weighted by Crippen LogP contribution is 2.28. The van der Waals surface area contributed by atoms with Crippen molar-refractivity contribution in [3.63, 3.8) is 0 Å².